The van der Waals surface area contributed by atoms with Crippen LogP contribution < -0.4 is 10.9 Å². The first-order valence-electron chi connectivity index (χ1n) is 5.43. The number of carbonyl (C=O) groups excluding carboxylic acids is 1. The molecule has 0 aliphatic rings. The molecule has 0 radical (unpaired) electrons. The number of anilines is 1. The molecule has 1 N–H and O–H groups in total. The van der Waals surface area contributed by atoms with Crippen LogP contribution in [-0.4, -0.2) is 15.5 Å². The zero-order chi connectivity index (χ0) is 14.7. The summed E-state index contributed by atoms with van der Waals surface area (Å²) in [5, 5.41) is 2.84. The van der Waals surface area contributed by atoms with Gasteiger partial charge in [-0.25, -0.2) is 4.98 Å². The monoisotopic (exact) mass is 467 g/mol. The summed E-state index contributed by atoms with van der Waals surface area (Å²) in [6, 6.07) is 7.18. The van der Waals surface area contributed by atoms with Crippen molar-refractivity contribution < 1.29 is 4.79 Å². The number of rotatable bonds is 3. The summed E-state index contributed by atoms with van der Waals surface area (Å²) < 4.78 is 2.36. The fraction of sp³-hybridized carbons (Fsp3) is 0.0833. The lowest BCUT2D eigenvalue weighted by molar-refractivity contribution is -0.116. The Morgan fingerprint density at radius 1 is 1.50 bits per heavy atom. The molecule has 2 aromatic rings. The molecule has 0 unspecified atom stereocenters. The molecule has 20 heavy (non-hydrogen) atoms. The van der Waals surface area contributed by atoms with Crippen LogP contribution in [0.3, 0.4) is 0 Å². The van der Waals surface area contributed by atoms with Gasteiger partial charge in [-0.05, 0) is 40.8 Å². The van der Waals surface area contributed by atoms with E-state index >= 15 is 0 Å². The first-order valence-corrected chi connectivity index (χ1v) is 7.68. The van der Waals surface area contributed by atoms with E-state index in [1.165, 1.54) is 10.9 Å². The van der Waals surface area contributed by atoms with Crippen molar-refractivity contribution in [1.82, 2.24) is 9.55 Å². The molecule has 0 saturated heterocycles. The molecule has 0 atom stereocenters. The highest BCUT2D eigenvalue weighted by Crippen LogP contribution is 2.15. The van der Waals surface area contributed by atoms with Crippen molar-refractivity contribution >= 4 is 61.7 Å². The number of nitrogens with one attached hydrogen (secondary N) is 1. The number of hydrogen-bond donors (Lipinski definition) is 1. The molecule has 0 aliphatic carbocycles. The number of halogens is 3. The van der Waals surface area contributed by atoms with Crippen LogP contribution in [0, 0.1) is 3.57 Å². The smallest absolute Gasteiger partial charge is 0.268 e. The third-order valence-electron chi connectivity index (χ3n) is 2.36. The highest BCUT2D eigenvalue weighted by atomic mass is 127. The van der Waals surface area contributed by atoms with Gasteiger partial charge in [-0.2, -0.15) is 0 Å². The summed E-state index contributed by atoms with van der Waals surface area (Å²) in [6.45, 7) is -0.120. The van der Waals surface area contributed by atoms with E-state index < -0.39 is 0 Å². The van der Waals surface area contributed by atoms with E-state index in [0.717, 1.165) is 4.47 Å². The van der Waals surface area contributed by atoms with Crippen molar-refractivity contribution in [2.75, 3.05) is 5.32 Å². The van der Waals surface area contributed by atoms with Gasteiger partial charge in [0, 0.05) is 10.2 Å². The van der Waals surface area contributed by atoms with Gasteiger partial charge in [0.15, 0.2) is 0 Å². The Hall–Kier alpha value is -0.930. The van der Waals surface area contributed by atoms with E-state index in [9.17, 15) is 9.59 Å². The van der Waals surface area contributed by atoms with Crippen LogP contribution in [-0.2, 0) is 11.3 Å². The van der Waals surface area contributed by atoms with Crippen LogP contribution in [0.2, 0.25) is 5.15 Å². The second-order valence-electron chi connectivity index (χ2n) is 3.84. The van der Waals surface area contributed by atoms with Gasteiger partial charge in [-0.15, -0.1) is 0 Å². The number of hydrogen-bond acceptors (Lipinski definition) is 3. The number of carbonyl (C=O) groups is 1. The Morgan fingerprint density at radius 2 is 2.25 bits per heavy atom. The molecule has 8 heteroatoms. The highest BCUT2D eigenvalue weighted by molar-refractivity contribution is 14.1. The molecule has 0 aliphatic heterocycles. The van der Waals surface area contributed by atoms with E-state index in [2.05, 4.69) is 26.2 Å². The molecule has 1 aromatic carbocycles. The van der Waals surface area contributed by atoms with Gasteiger partial charge in [0.2, 0.25) is 5.91 Å². The quantitative estimate of drug-likeness (QED) is 0.557. The van der Waals surface area contributed by atoms with Crippen LogP contribution in [0.4, 0.5) is 5.69 Å². The topological polar surface area (TPSA) is 64.0 Å². The summed E-state index contributed by atoms with van der Waals surface area (Å²) in [5.41, 5.74) is 0.309. The number of benzene rings is 1. The molecule has 0 saturated carbocycles. The van der Waals surface area contributed by atoms with E-state index in [-0.39, 0.29) is 23.2 Å². The van der Waals surface area contributed by atoms with Crippen LogP contribution in [0.1, 0.15) is 0 Å². The first-order chi connectivity index (χ1) is 9.47. The van der Waals surface area contributed by atoms with Crippen molar-refractivity contribution in [1.29, 1.82) is 0 Å². The zero-order valence-corrected chi connectivity index (χ0v) is 14.4. The average molecular weight is 468 g/mol. The van der Waals surface area contributed by atoms with E-state index in [0.29, 0.717) is 9.26 Å². The fourth-order valence-electron chi connectivity index (χ4n) is 1.48. The predicted molar refractivity (Wildman–Crippen MR) is 89.0 cm³/mol. The number of amides is 1. The van der Waals surface area contributed by atoms with Gasteiger partial charge >= 0.3 is 0 Å². The lowest BCUT2D eigenvalue weighted by atomic mass is 10.3. The van der Waals surface area contributed by atoms with Crippen molar-refractivity contribution in [2.45, 2.75) is 6.54 Å². The SMILES string of the molecule is O=C(Cn1cnc(Cl)c(I)c1=O)Nc1cccc(Br)c1. The van der Waals surface area contributed by atoms with E-state index in [1.807, 2.05) is 6.07 Å². The van der Waals surface area contributed by atoms with Crippen molar-refractivity contribution in [3.8, 4) is 0 Å². The van der Waals surface area contributed by atoms with E-state index in [1.54, 1.807) is 40.8 Å². The maximum absolute atomic E-state index is 11.9. The van der Waals surface area contributed by atoms with Crippen LogP contribution in [0.25, 0.3) is 0 Å². The van der Waals surface area contributed by atoms with Gasteiger partial charge < -0.3 is 5.32 Å². The minimum Gasteiger partial charge on any atom is -0.324 e. The van der Waals surface area contributed by atoms with Crippen molar-refractivity contribution in [3.63, 3.8) is 0 Å². The molecule has 1 amide bonds. The molecule has 0 spiro atoms. The normalized spacial score (nSPS) is 10.3. The van der Waals surface area contributed by atoms with Crippen LogP contribution >= 0.6 is 50.1 Å². The van der Waals surface area contributed by atoms with Crippen molar-refractivity contribution in [3.05, 3.63) is 54.1 Å². The maximum Gasteiger partial charge on any atom is 0.268 e. The molecule has 2 rings (SSSR count). The molecule has 104 valence electrons. The predicted octanol–water partition coefficient (Wildman–Crippen LogP) is 2.90. The van der Waals surface area contributed by atoms with Crippen LogP contribution in [0.5, 0.6) is 0 Å². The molecular weight excluding hydrogens is 460 g/mol. The summed E-state index contributed by atoms with van der Waals surface area (Å²) >= 11 is 10.9. The lowest BCUT2D eigenvalue weighted by Crippen LogP contribution is -2.29. The minimum absolute atomic E-state index is 0.120. The average Bonchev–Trinajstić information content (AvgIpc) is 2.39. The Bertz CT molecular complexity index is 720. The molecule has 0 bridgehead atoms. The Morgan fingerprint density at radius 3 is 2.95 bits per heavy atom. The third kappa shape index (κ3) is 3.80. The molecule has 0 fully saturated rings. The lowest BCUT2D eigenvalue weighted by Gasteiger charge is -2.08. The third-order valence-corrected chi connectivity index (χ3v) is 4.43. The standard InChI is InChI=1S/C12H8BrClIN3O2/c13-7-2-1-3-8(4-7)17-9(19)5-18-6-16-11(14)10(15)12(18)20/h1-4,6H,5H2,(H,17,19). The number of aromatic nitrogens is 2. The van der Waals surface area contributed by atoms with Crippen LogP contribution in [0.15, 0.2) is 39.9 Å². The second kappa shape index (κ2) is 6.68. The zero-order valence-electron chi connectivity index (χ0n) is 9.94. The fourth-order valence-corrected chi connectivity index (χ4v) is 2.45. The molecule has 1 heterocycles. The maximum atomic E-state index is 11.9. The van der Waals surface area contributed by atoms with E-state index in [4.69, 9.17) is 11.6 Å². The minimum atomic E-state index is -0.338. The first kappa shape index (κ1) is 15.5. The second-order valence-corrected chi connectivity index (χ2v) is 6.19. The molecular formula is C12H8BrClIN3O2. The Labute approximate surface area is 141 Å². The summed E-state index contributed by atoms with van der Waals surface area (Å²) in [6.07, 6.45) is 1.26. The van der Waals surface area contributed by atoms with Gasteiger partial charge in [0.1, 0.15) is 15.3 Å². The molecule has 1 aromatic heterocycles. The van der Waals surface area contributed by atoms with Gasteiger partial charge in [-0.1, -0.05) is 33.6 Å². The van der Waals surface area contributed by atoms with Gasteiger partial charge in [0.25, 0.3) is 5.56 Å². The van der Waals surface area contributed by atoms with Gasteiger partial charge in [-0.3, -0.25) is 14.2 Å². The summed E-state index contributed by atoms with van der Waals surface area (Å²) in [4.78, 5) is 27.6. The highest BCUT2D eigenvalue weighted by Gasteiger charge is 2.10. The summed E-state index contributed by atoms with van der Waals surface area (Å²) in [5.74, 6) is -0.315. The largest absolute Gasteiger partial charge is 0.324 e. The van der Waals surface area contributed by atoms with Gasteiger partial charge in [0.05, 0.1) is 6.33 Å². The number of nitrogens with zero attached hydrogens (tertiary/aromatic N) is 2. The Kier molecular flexibility index (Phi) is 5.17. The summed E-state index contributed by atoms with van der Waals surface area (Å²) in [7, 11) is 0. The Balaban J connectivity index is 2.13. The molecule has 5 nitrogen and oxygen atoms in total. The van der Waals surface area contributed by atoms with Crippen molar-refractivity contribution in [2.24, 2.45) is 0 Å².